The number of hydrogen-bond donors (Lipinski definition) is 1. The van der Waals surface area contributed by atoms with Gasteiger partial charge in [-0.05, 0) is 13.8 Å². The van der Waals surface area contributed by atoms with Crippen molar-refractivity contribution in [3.8, 4) is 0 Å². The summed E-state index contributed by atoms with van der Waals surface area (Å²) in [7, 11) is -1.69. The molecule has 1 fully saturated rings. The fourth-order valence-corrected chi connectivity index (χ4v) is 2.29. The van der Waals surface area contributed by atoms with E-state index in [0.29, 0.717) is 0 Å². The molecule has 1 aliphatic rings. The molecule has 5 atom stereocenters. The predicted molar refractivity (Wildman–Crippen MR) is 64.9 cm³/mol. The fraction of sp³-hybridized carbons (Fsp3) is 1.00. The Balaban J connectivity index is 2.67. The summed E-state index contributed by atoms with van der Waals surface area (Å²) < 4.78 is 44.9. The highest BCUT2D eigenvalue weighted by molar-refractivity contribution is 7.47. The maximum absolute atomic E-state index is 13.8. The Hall–Kier alpha value is 0.0249. The Morgan fingerprint density at radius 3 is 2.67 bits per heavy atom. The standard InChI is InChI=1S/C9H19BFO6P/c1-5(2)15-4-6-8(7(11)9(10)16-6)17-18(12,13)14-3/h5-9H,4,10H2,1-3H3,(H,12,13)/t6-,7-,8-,9-/m1/s1. The van der Waals surface area contributed by atoms with Crippen LogP contribution in [0.15, 0.2) is 0 Å². The minimum absolute atomic E-state index is 0.0495. The van der Waals surface area contributed by atoms with Gasteiger partial charge >= 0.3 is 7.82 Å². The van der Waals surface area contributed by atoms with Gasteiger partial charge in [0.25, 0.3) is 0 Å². The molecule has 18 heavy (non-hydrogen) atoms. The van der Waals surface area contributed by atoms with Crippen molar-refractivity contribution in [2.24, 2.45) is 0 Å². The second kappa shape index (κ2) is 6.46. The van der Waals surface area contributed by atoms with Gasteiger partial charge in [0.15, 0.2) is 0 Å². The van der Waals surface area contributed by atoms with Crippen LogP contribution in [0, 0.1) is 0 Å². The molecule has 0 aromatic heterocycles. The lowest BCUT2D eigenvalue weighted by atomic mass is 9.94. The Kier molecular flexibility index (Phi) is 5.77. The van der Waals surface area contributed by atoms with E-state index in [9.17, 15) is 13.8 Å². The lowest BCUT2D eigenvalue weighted by molar-refractivity contribution is -0.0473. The number of phosphoric acid groups is 1. The summed E-state index contributed by atoms with van der Waals surface area (Å²) in [6, 6.07) is -0.715. The van der Waals surface area contributed by atoms with E-state index in [4.69, 9.17) is 14.0 Å². The van der Waals surface area contributed by atoms with Crippen molar-refractivity contribution in [2.45, 2.75) is 44.3 Å². The van der Waals surface area contributed by atoms with Crippen molar-refractivity contribution < 1.29 is 32.4 Å². The van der Waals surface area contributed by atoms with Crippen LogP contribution in [0.25, 0.3) is 0 Å². The Morgan fingerprint density at radius 2 is 2.17 bits per heavy atom. The van der Waals surface area contributed by atoms with E-state index in [0.717, 1.165) is 7.11 Å². The van der Waals surface area contributed by atoms with Gasteiger partial charge in [-0.1, -0.05) is 0 Å². The molecule has 0 spiro atoms. The average molecular weight is 284 g/mol. The van der Waals surface area contributed by atoms with Crippen molar-refractivity contribution in [3.63, 3.8) is 0 Å². The van der Waals surface area contributed by atoms with Crippen molar-refractivity contribution >= 4 is 15.7 Å². The van der Waals surface area contributed by atoms with E-state index in [1.807, 2.05) is 13.8 Å². The number of rotatable bonds is 6. The van der Waals surface area contributed by atoms with E-state index < -0.39 is 32.2 Å². The second-order valence-corrected chi connectivity index (χ2v) is 5.94. The molecule has 1 aliphatic heterocycles. The van der Waals surface area contributed by atoms with Crippen molar-refractivity contribution in [1.29, 1.82) is 0 Å². The molecule has 0 bridgehead atoms. The first kappa shape index (κ1) is 16.1. The van der Waals surface area contributed by atoms with Crippen LogP contribution in [0.1, 0.15) is 13.8 Å². The molecular weight excluding hydrogens is 265 g/mol. The third kappa shape index (κ3) is 4.29. The lowest BCUT2D eigenvalue weighted by Gasteiger charge is -2.22. The van der Waals surface area contributed by atoms with Crippen molar-refractivity contribution in [3.05, 3.63) is 0 Å². The summed E-state index contributed by atoms with van der Waals surface area (Å²) in [5.74, 6) is 0. The molecule has 0 saturated carbocycles. The lowest BCUT2D eigenvalue weighted by Crippen LogP contribution is -2.34. The van der Waals surface area contributed by atoms with Crippen molar-refractivity contribution in [2.75, 3.05) is 13.7 Å². The number of ether oxygens (including phenoxy) is 2. The van der Waals surface area contributed by atoms with Crippen LogP contribution in [-0.2, 0) is 23.1 Å². The van der Waals surface area contributed by atoms with Gasteiger partial charge in [0.2, 0.25) is 0 Å². The fourth-order valence-electron chi connectivity index (χ4n) is 1.64. The molecule has 0 amide bonds. The van der Waals surface area contributed by atoms with Crippen molar-refractivity contribution in [1.82, 2.24) is 0 Å². The number of phosphoric ester groups is 1. The van der Waals surface area contributed by atoms with Crippen LogP contribution < -0.4 is 0 Å². The zero-order valence-electron chi connectivity index (χ0n) is 10.9. The monoisotopic (exact) mass is 284 g/mol. The van der Waals surface area contributed by atoms with Gasteiger partial charge in [-0.3, -0.25) is 9.05 Å². The Bertz CT molecular complexity index is 317. The highest BCUT2D eigenvalue weighted by atomic mass is 31.2. The first-order valence-electron chi connectivity index (χ1n) is 5.75. The van der Waals surface area contributed by atoms with Crippen LogP contribution in [0.3, 0.4) is 0 Å². The predicted octanol–water partition coefficient (Wildman–Crippen LogP) is 0.239. The number of alkyl halides is 1. The SMILES string of the molecule is B[C@@H]1O[C@H](COC(C)C)[C@@H](OP(=O)(O)OC)[C@H]1F. The smallest absolute Gasteiger partial charge is 0.376 e. The molecule has 0 aromatic rings. The Morgan fingerprint density at radius 1 is 1.56 bits per heavy atom. The van der Waals surface area contributed by atoms with Gasteiger partial charge in [-0.25, -0.2) is 8.96 Å². The third-order valence-electron chi connectivity index (χ3n) is 2.60. The van der Waals surface area contributed by atoms with E-state index in [1.165, 1.54) is 7.85 Å². The minimum Gasteiger partial charge on any atom is -0.376 e. The van der Waals surface area contributed by atoms with E-state index in [-0.39, 0.29) is 12.7 Å². The largest absolute Gasteiger partial charge is 0.472 e. The quantitative estimate of drug-likeness (QED) is 0.556. The summed E-state index contributed by atoms with van der Waals surface area (Å²) in [5, 5.41) is 0. The first-order valence-corrected chi connectivity index (χ1v) is 7.24. The molecule has 1 N–H and O–H groups in total. The van der Waals surface area contributed by atoms with Crippen LogP contribution in [0.5, 0.6) is 0 Å². The average Bonchev–Trinajstić information content (AvgIpc) is 2.54. The number of hydrogen-bond acceptors (Lipinski definition) is 5. The van der Waals surface area contributed by atoms with E-state index in [2.05, 4.69) is 4.52 Å². The zero-order valence-corrected chi connectivity index (χ0v) is 11.8. The first-order chi connectivity index (χ1) is 8.26. The molecule has 1 heterocycles. The second-order valence-electron chi connectivity index (χ2n) is 4.43. The molecule has 9 heteroatoms. The molecule has 1 unspecified atom stereocenters. The molecule has 1 rings (SSSR count). The zero-order chi connectivity index (χ0) is 13.9. The Labute approximate surface area is 107 Å². The summed E-state index contributed by atoms with van der Waals surface area (Å²) in [6.45, 7) is 3.75. The summed E-state index contributed by atoms with van der Waals surface area (Å²) in [5.41, 5.74) is 0. The molecule has 106 valence electrons. The summed E-state index contributed by atoms with van der Waals surface area (Å²) in [4.78, 5) is 9.23. The summed E-state index contributed by atoms with van der Waals surface area (Å²) in [6.07, 6.45) is -3.45. The highest BCUT2D eigenvalue weighted by Gasteiger charge is 2.47. The van der Waals surface area contributed by atoms with Gasteiger partial charge < -0.3 is 14.4 Å². The minimum atomic E-state index is -4.25. The highest BCUT2D eigenvalue weighted by Crippen LogP contribution is 2.46. The molecular formula is C9H19BFO6P. The van der Waals surface area contributed by atoms with Crippen LogP contribution in [0.2, 0.25) is 0 Å². The van der Waals surface area contributed by atoms with Gasteiger partial charge in [-0.2, -0.15) is 0 Å². The topological polar surface area (TPSA) is 74.2 Å². The molecule has 1 saturated heterocycles. The van der Waals surface area contributed by atoms with Gasteiger partial charge in [0.1, 0.15) is 26.2 Å². The van der Waals surface area contributed by atoms with Gasteiger partial charge in [-0.15, -0.1) is 0 Å². The molecule has 6 nitrogen and oxygen atoms in total. The third-order valence-corrected chi connectivity index (χ3v) is 3.57. The molecule has 0 radical (unpaired) electrons. The number of halogens is 1. The van der Waals surface area contributed by atoms with Crippen LogP contribution >= 0.6 is 7.82 Å². The summed E-state index contributed by atoms with van der Waals surface area (Å²) >= 11 is 0. The van der Waals surface area contributed by atoms with Gasteiger partial charge in [0, 0.05) is 7.11 Å². The molecule has 0 aliphatic carbocycles. The van der Waals surface area contributed by atoms with Crippen LogP contribution in [0.4, 0.5) is 4.39 Å². The maximum atomic E-state index is 13.8. The normalized spacial score (nSPS) is 35.9. The van der Waals surface area contributed by atoms with E-state index >= 15 is 0 Å². The van der Waals surface area contributed by atoms with Crippen LogP contribution in [-0.4, -0.2) is 56.9 Å². The van der Waals surface area contributed by atoms with Gasteiger partial charge in [0.05, 0.1) is 18.7 Å². The molecule has 0 aromatic carbocycles. The van der Waals surface area contributed by atoms with E-state index in [1.54, 1.807) is 0 Å². The maximum Gasteiger partial charge on any atom is 0.472 e.